The van der Waals surface area contributed by atoms with Crippen molar-refractivity contribution in [1.82, 2.24) is 62.9 Å². The predicted octanol–water partition coefficient (Wildman–Crippen LogP) is 10.8. The van der Waals surface area contributed by atoms with E-state index in [9.17, 15) is 76.7 Å². The number of esters is 1. The van der Waals surface area contributed by atoms with E-state index < -0.39 is 108 Å². The number of ketones is 3. The van der Waals surface area contributed by atoms with E-state index in [1.807, 2.05) is 112 Å². The number of nitrogens with one attached hydrogen (secondary N) is 10. The topological polar surface area (TPSA) is 504 Å². The zero-order chi connectivity index (χ0) is 103. The van der Waals surface area contributed by atoms with E-state index in [1.165, 1.54) is 56.5 Å². The third-order valence-electron chi connectivity index (χ3n) is 24.1. The number of fused-ring (bicyclic) bond motifs is 8. The summed E-state index contributed by atoms with van der Waals surface area (Å²) >= 11 is 0. The Kier molecular flexibility index (Phi) is 47.1. The number of allylic oxidation sites excluding steroid dienone is 3. The van der Waals surface area contributed by atoms with E-state index in [2.05, 4.69) is 61.2 Å². The van der Waals surface area contributed by atoms with Crippen molar-refractivity contribution in [2.45, 2.75) is 213 Å². The number of aromatic nitrogens is 1. The lowest BCUT2D eigenvalue weighted by molar-refractivity contribution is -0.157. The minimum atomic E-state index is -1.27. The number of carbonyl (C=O) groups is 16. The first-order valence-electron chi connectivity index (χ1n) is 47.6. The monoisotopic (exact) mass is 1990 g/mol. The molecule has 6 heterocycles. The Labute approximate surface area is 833 Å². The molecule has 9 atom stereocenters. The van der Waals surface area contributed by atoms with Gasteiger partial charge in [0.2, 0.25) is 35.4 Å². The standard InChI is InChI=1S/C34H49N5O6.C24H35N3O6S2.C18H18N2O4.C18H16N2O2.C11H11NO4/c1-5-22(3)30-33(43)36-27(20-23-21-39(45-4)28-17-11-10-15-25(23)28)31(41)35-26(16-9-7-8-14-24(40)6-2)34(44)38-19-13-12-18-29(38)32(42)37-30;1-6-16-22(30)27-20(14(4)5)24(32)33-18-9-7-8-10-34-35-12-15(21(29)25-16)11-17(28)19(13(2)3)26-23(18)31;21-15(19-24)10-2-1-3-11-20-17(22)13-8-4-6-12-7-5-9-14(16(12)13)18(20)23;21-18(20-22)9-5-4-6-15-10-12-17(13-11-15)19-14-16-7-2-1-3-8-16;13-7-10(14)9-4-1-8(2-5-9)3-6-11(15)12-16/h10-11,15,17,21-22,26-27,29-30H,5-9,12-14,16,18-20H2,1-4H3,(H,35,41)(H,36,43)(H,37,42);6-7,9,13-15,18-20H,8,10-12H2,1-5H3,(H,25,29)(H,26,31)(H,27,30);4-9,24H,1-3,10-11H2,(H,19,21);1-3,5,7-13,19,22H,14H2,(H,20,21);1-6,13,16H,7H2,(H,12,15)/b;9-7-,16-6+;;9-5+;6-3+/t22?,26-,27?,29-,30-;15?,18-,19+,20?;;;/m01.../s1. The van der Waals surface area contributed by atoms with Gasteiger partial charge in [-0.05, 0) is 159 Å². The van der Waals surface area contributed by atoms with Gasteiger partial charge in [0.25, 0.3) is 35.4 Å². The van der Waals surface area contributed by atoms with Crippen LogP contribution in [0.3, 0.4) is 0 Å². The van der Waals surface area contributed by atoms with Crippen LogP contribution in [0.4, 0.5) is 5.69 Å². The molecule has 6 aromatic carbocycles. The fraction of sp³-hybridized carbons (Fsp3) is 0.410. The maximum atomic E-state index is 14.1. The van der Waals surface area contributed by atoms with Gasteiger partial charge in [0.1, 0.15) is 55.4 Å². The summed E-state index contributed by atoms with van der Waals surface area (Å²) in [4.78, 5) is 210. The molecule has 1 aromatic heterocycles. The van der Waals surface area contributed by atoms with Gasteiger partial charge in [0.05, 0.1) is 17.5 Å². The zero-order valence-corrected chi connectivity index (χ0v) is 82.9. The Morgan fingerprint density at radius 1 is 0.648 bits per heavy atom. The minimum absolute atomic E-state index is 0.0196. The minimum Gasteiger partial charge on any atom is -0.446 e. The molecule has 5 aliphatic heterocycles. The molecule has 12 amide bonds. The summed E-state index contributed by atoms with van der Waals surface area (Å²) in [5, 5.41) is 56.3. The number of unbranched alkanes of at least 4 members (excludes halogenated alkanes) is 4. The second-order valence-corrected chi connectivity index (χ2v) is 37.5. The van der Waals surface area contributed by atoms with Gasteiger partial charge < -0.3 is 56.8 Å². The van der Waals surface area contributed by atoms with Crippen molar-refractivity contribution in [1.29, 1.82) is 0 Å². The number of ether oxygens (including phenoxy) is 1. The van der Waals surface area contributed by atoms with Crippen molar-refractivity contribution in [3.8, 4) is 11.8 Å². The lowest BCUT2D eigenvalue weighted by Gasteiger charge is -2.39. The first-order valence-corrected chi connectivity index (χ1v) is 50.1. The molecule has 3 fully saturated rings. The Morgan fingerprint density at radius 3 is 1.95 bits per heavy atom. The van der Waals surface area contributed by atoms with Crippen LogP contribution in [0.25, 0.3) is 27.8 Å². The summed E-state index contributed by atoms with van der Waals surface area (Å²) in [7, 11) is 4.58. The Bertz CT molecular complexity index is 5700. The Hall–Kier alpha value is -13.9. The maximum Gasteiger partial charge on any atom is 0.330 e. The number of aliphatic hydroxyl groups excluding tert-OH is 1. The number of anilines is 1. The van der Waals surface area contributed by atoms with Gasteiger partial charge in [0, 0.05) is 120 Å². The van der Waals surface area contributed by atoms with Crippen LogP contribution in [0.15, 0.2) is 188 Å². The number of piperidine rings is 1. The van der Waals surface area contributed by atoms with Crippen LogP contribution in [-0.2, 0) is 80.0 Å². The molecule has 7 aromatic rings. The molecular formula is C105H129N13O22S2. The molecule has 0 aliphatic carbocycles. The van der Waals surface area contributed by atoms with Crippen molar-refractivity contribution in [2.24, 2.45) is 23.7 Å². The summed E-state index contributed by atoms with van der Waals surface area (Å²) in [6.45, 7) is 15.3. The van der Waals surface area contributed by atoms with Gasteiger partial charge in [-0.3, -0.25) is 92.4 Å². The first-order chi connectivity index (χ1) is 68.3. The molecular weight excluding hydrogens is 1860 g/mol. The molecule has 5 aliphatic rings. The average Bonchev–Trinajstić information content (AvgIpc) is 0.843. The van der Waals surface area contributed by atoms with E-state index in [4.69, 9.17) is 30.3 Å². The van der Waals surface area contributed by atoms with Crippen LogP contribution >= 0.6 is 21.6 Å². The van der Waals surface area contributed by atoms with Crippen LogP contribution in [0.5, 0.6) is 0 Å². The molecule has 3 saturated heterocycles. The summed E-state index contributed by atoms with van der Waals surface area (Å²) in [6.07, 6.45) is 19.4. The van der Waals surface area contributed by atoms with Crippen molar-refractivity contribution < 1.29 is 107 Å². The van der Waals surface area contributed by atoms with Gasteiger partial charge >= 0.3 is 5.97 Å². The number of carbonyl (C=O) groups excluding carboxylic acids is 16. The van der Waals surface area contributed by atoms with Crippen molar-refractivity contribution >= 4 is 149 Å². The SMILES string of the molecule is C/C=C1/NC(=O)C2CSSCC/C=C\[C@@H](OC(=O)C(C(C)C)NC1=O)C(=O)N[C@@H](C(C)C)C(=O)C2.CCC(=O)CCCCC[C@@H]1NC(=O)C(Cc2cn(OC)c3ccccc23)NC(=O)[C@H](C(C)CC)NC(=O)[C@@H]2CCCCN2C1=O.O=C(/C=C/C#Cc1ccc(NCc2ccccc2)cc1)NO.O=C(/C=C/c1ccc(C(=O)CO)cc1)NO.O=C(CCCCCN1C(=O)c2cccc3cccc(c23)C1=O)NO. The fourth-order valence-electron chi connectivity index (χ4n) is 15.9. The van der Waals surface area contributed by atoms with E-state index in [0.29, 0.717) is 111 Å². The second kappa shape index (κ2) is 59.0. The highest BCUT2D eigenvalue weighted by atomic mass is 33.1. The molecule has 0 radical (unpaired) electrons. The molecule has 37 heteroatoms. The number of amides is 12. The smallest absolute Gasteiger partial charge is 0.330 e. The molecule has 0 spiro atoms. The highest BCUT2D eigenvalue weighted by Crippen LogP contribution is 2.33. The van der Waals surface area contributed by atoms with Gasteiger partial charge in [-0.15, -0.1) is 0 Å². The van der Waals surface area contributed by atoms with Gasteiger partial charge in [-0.25, -0.2) is 21.2 Å². The largest absolute Gasteiger partial charge is 0.446 e. The molecule has 14 N–H and O–H groups in total. The first kappa shape index (κ1) is 113. The van der Waals surface area contributed by atoms with Gasteiger partial charge in [-0.2, -0.15) is 4.73 Å². The normalized spacial score (nSPS) is 19.9. The van der Waals surface area contributed by atoms with Gasteiger partial charge in [0.15, 0.2) is 17.7 Å². The van der Waals surface area contributed by atoms with Crippen molar-refractivity contribution in [3.63, 3.8) is 0 Å². The number of benzene rings is 6. The number of rotatable bonds is 28. The van der Waals surface area contributed by atoms with Crippen molar-refractivity contribution in [2.75, 3.05) is 43.6 Å². The molecule has 4 unspecified atom stereocenters. The Balaban J connectivity index is 0.000000227. The number of hydrogen-bond donors (Lipinski definition) is 14. The van der Waals surface area contributed by atoms with Crippen LogP contribution in [-0.4, -0.2) is 210 Å². The van der Waals surface area contributed by atoms with Gasteiger partial charge in [-0.1, -0.05) is 217 Å². The second-order valence-electron chi connectivity index (χ2n) is 34.9. The zero-order valence-electron chi connectivity index (χ0n) is 81.3. The van der Waals surface area contributed by atoms with E-state index in [-0.39, 0.29) is 83.7 Å². The predicted molar refractivity (Wildman–Crippen MR) is 539 cm³/mol. The average molecular weight is 1990 g/mol. The Morgan fingerprint density at radius 2 is 1.30 bits per heavy atom. The van der Waals surface area contributed by atoms with Crippen LogP contribution < -0.4 is 58.5 Å². The number of imide groups is 1. The summed E-state index contributed by atoms with van der Waals surface area (Å²) in [5.41, 5.74) is 11.5. The number of Topliss-reactive ketones (excluding diaryl/α,β-unsaturated/α-hetero) is 3. The quantitative estimate of drug-likeness (QED) is 0.00207. The number of hydrogen-bond acceptors (Lipinski definition) is 25. The molecule has 12 rings (SSSR count). The number of aliphatic hydroxyl groups is 1. The summed E-state index contributed by atoms with van der Waals surface area (Å²) in [6, 6.07) is 37.5. The van der Waals surface area contributed by atoms with Crippen molar-refractivity contribution in [3.05, 3.63) is 227 Å². The molecule has 35 nitrogen and oxygen atoms in total. The van der Waals surface area contributed by atoms with Crippen LogP contribution in [0, 0.1) is 35.5 Å². The van der Waals surface area contributed by atoms with E-state index >= 15 is 0 Å². The fourth-order valence-corrected chi connectivity index (χ4v) is 18.2. The maximum absolute atomic E-state index is 14.1. The highest BCUT2D eigenvalue weighted by Gasteiger charge is 2.42. The van der Waals surface area contributed by atoms with Crippen LogP contribution in [0.2, 0.25) is 0 Å². The number of hydroxylamine groups is 3. The van der Waals surface area contributed by atoms with Crippen LogP contribution in [0.1, 0.15) is 211 Å². The summed E-state index contributed by atoms with van der Waals surface area (Å²) < 4.78 is 7.17. The molecule has 0 saturated carbocycles. The molecule has 758 valence electrons. The van der Waals surface area contributed by atoms with E-state index in [0.717, 1.165) is 82.9 Å². The number of para-hydroxylation sites is 1. The third-order valence-corrected chi connectivity index (χ3v) is 26.6. The molecule has 2 bridgehead atoms. The lowest BCUT2D eigenvalue weighted by atomic mass is 9.92. The number of nitrogens with zero attached hydrogens (tertiary/aromatic N) is 3. The van der Waals surface area contributed by atoms with E-state index in [1.54, 1.807) is 116 Å². The third kappa shape index (κ3) is 34.5. The summed E-state index contributed by atoms with van der Waals surface area (Å²) in [5.74, 6) is -1.51. The highest BCUT2D eigenvalue weighted by molar-refractivity contribution is 8.76. The lowest BCUT2D eigenvalue weighted by Crippen LogP contribution is -2.64. The molecule has 142 heavy (non-hydrogen) atoms.